The van der Waals surface area contributed by atoms with Crippen LogP contribution >= 0.6 is 0 Å². The van der Waals surface area contributed by atoms with E-state index >= 15 is 0 Å². The molecule has 2 aromatic rings. The Balaban J connectivity index is 1.38. The third kappa shape index (κ3) is 2.27. The average molecular weight is 318 g/mol. The van der Waals surface area contributed by atoms with E-state index in [4.69, 9.17) is 12.7 Å². The maximum Gasteiger partial charge on any atom is 0.481 e. The summed E-state index contributed by atoms with van der Waals surface area (Å²) in [6, 6.07) is 13.9. The van der Waals surface area contributed by atoms with Gasteiger partial charge in [0.2, 0.25) is 0 Å². The van der Waals surface area contributed by atoms with E-state index in [-0.39, 0.29) is 12.1 Å². The van der Waals surface area contributed by atoms with E-state index in [1.165, 1.54) is 12.8 Å². The summed E-state index contributed by atoms with van der Waals surface area (Å²) in [5.41, 5.74) is 0.652. The maximum atomic E-state index is 12.7. The van der Waals surface area contributed by atoms with Crippen LogP contribution < -0.4 is 0 Å². The van der Waals surface area contributed by atoms with Crippen molar-refractivity contribution in [3.63, 3.8) is 0 Å². The van der Waals surface area contributed by atoms with Gasteiger partial charge in [-0.05, 0) is 35.7 Å². The van der Waals surface area contributed by atoms with Gasteiger partial charge >= 0.3 is 14.0 Å². The Bertz CT molecular complexity index is 804. The lowest BCUT2D eigenvalue weighted by atomic mass is 9.63. The first-order valence-corrected chi connectivity index (χ1v) is 8.94. The number of hydrogen-bond acceptors (Lipinski definition) is 2. The molecule has 4 heteroatoms. The fraction of sp³-hybridized carbons (Fsp3) is 0.450. The third-order valence-electron chi connectivity index (χ3n) is 6.25. The van der Waals surface area contributed by atoms with Crippen molar-refractivity contribution < 1.29 is 13.9 Å². The molecule has 1 saturated carbocycles. The van der Waals surface area contributed by atoms with Crippen molar-refractivity contribution in [3.8, 4) is 0 Å². The first-order valence-electron chi connectivity index (χ1n) is 8.94. The summed E-state index contributed by atoms with van der Waals surface area (Å²) < 4.78 is 6.70. The van der Waals surface area contributed by atoms with Crippen LogP contribution in [0.5, 0.6) is 0 Å². The van der Waals surface area contributed by atoms with Crippen molar-refractivity contribution in [1.82, 2.24) is 0 Å². The number of fused-ring (bicyclic) bond motifs is 1. The predicted molar refractivity (Wildman–Crippen MR) is 93.5 cm³/mol. The van der Waals surface area contributed by atoms with Gasteiger partial charge in [-0.1, -0.05) is 30.3 Å². The predicted octanol–water partition coefficient (Wildman–Crippen LogP) is 2.94. The SMILES string of the molecule is [B][N+]12CC3CC(C1)C(OC(=O)c1ccc4ccccc4c1)C(C3)C2. The molecule has 4 aliphatic rings. The largest absolute Gasteiger partial charge is 0.481 e. The Kier molecular flexibility index (Phi) is 3.08. The van der Waals surface area contributed by atoms with Crippen LogP contribution in [0.4, 0.5) is 0 Å². The van der Waals surface area contributed by atoms with Crippen LogP contribution in [0.15, 0.2) is 42.5 Å². The fourth-order valence-electron chi connectivity index (χ4n) is 5.48. The molecule has 2 aromatic carbocycles. The summed E-state index contributed by atoms with van der Waals surface area (Å²) in [7, 11) is 6.48. The Labute approximate surface area is 143 Å². The normalized spacial score (nSPS) is 36.8. The van der Waals surface area contributed by atoms with Crippen molar-refractivity contribution in [2.24, 2.45) is 17.8 Å². The number of carbonyl (C=O) groups is 1. The van der Waals surface area contributed by atoms with E-state index in [1.807, 2.05) is 36.4 Å². The summed E-state index contributed by atoms with van der Waals surface area (Å²) in [4.78, 5) is 12.7. The van der Waals surface area contributed by atoms with Crippen molar-refractivity contribution >= 4 is 24.7 Å². The van der Waals surface area contributed by atoms with Gasteiger partial charge < -0.3 is 9.13 Å². The second-order valence-electron chi connectivity index (χ2n) is 8.06. The Morgan fingerprint density at radius 2 is 1.71 bits per heavy atom. The molecule has 24 heavy (non-hydrogen) atoms. The molecule has 2 radical (unpaired) electrons. The molecule has 0 amide bonds. The molecule has 4 bridgehead atoms. The van der Waals surface area contributed by atoms with E-state index in [9.17, 15) is 4.79 Å². The summed E-state index contributed by atoms with van der Waals surface area (Å²) in [6.45, 7) is 3.03. The van der Waals surface area contributed by atoms with Gasteiger partial charge in [-0.2, -0.15) is 0 Å². The van der Waals surface area contributed by atoms with Crippen LogP contribution in [-0.2, 0) is 4.74 Å². The number of rotatable bonds is 2. The fourth-order valence-corrected chi connectivity index (χ4v) is 5.48. The highest BCUT2D eigenvalue weighted by Crippen LogP contribution is 2.47. The average Bonchev–Trinajstić information content (AvgIpc) is 2.56. The van der Waals surface area contributed by atoms with E-state index in [2.05, 4.69) is 6.07 Å². The Morgan fingerprint density at radius 3 is 2.42 bits per heavy atom. The highest BCUT2D eigenvalue weighted by atomic mass is 16.5. The number of piperidine rings is 3. The second kappa shape index (κ2) is 5.09. The lowest BCUT2D eigenvalue weighted by molar-refractivity contribution is -0.852. The van der Waals surface area contributed by atoms with Crippen molar-refractivity contribution in [1.29, 1.82) is 0 Å². The number of esters is 1. The summed E-state index contributed by atoms with van der Waals surface area (Å²) >= 11 is 0. The molecular formula is C20H21BNO2+. The second-order valence-corrected chi connectivity index (χ2v) is 8.06. The minimum Gasteiger partial charge on any atom is -0.458 e. The number of benzene rings is 2. The van der Waals surface area contributed by atoms with Crippen LogP contribution in [0.3, 0.4) is 0 Å². The van der Waals surface area contributed by atoms with Crippen molar-refractivity contribution in [3.05, 3.63) is 48.0 Å². The molecule has 2 unspecified atom stereocenters. The van der Waals surface area contributed by atoms with Crippen LogP contribution in [0, 0.1) is 17.8 Å². The highest BCUT2D eigenvalue weighted by molar-refractivity contribution is 5.97. The first kappa shape index (κ1) is 14.5. The third-order valence-corrected chi connectivity index (χ3v) is 6.25. The molecule has 6 rings (SSSR count). The molecule has 1 aliphatic carbocycles. The smallest absolute Gasteiger partial charge is 0.458 e. The zero-order valence-corrected chi connectivity index (χ0v) is 13.7. The molecule has 0 N–H and O–H groups in total. The molecule has 4 fully saturated rings. The summed E-state index contributed by atoms with van der Waals surface area (Å²) in [6.07, 6.45) is 2.39. The quantitative estimate of drug-likeness (QED) is 0.629. The van der Waals surface area contributed by atoms with E-state index < -0.39 is 0 Å². The molecule has 0 spiro atoms. The standard InChI is InChI=1S/C20H21BNO2/c21-22-10-13-7-17(11-22)19(18(8-13)12-22)24-20(23)16-6-5-14-3-1-2-4-15(14)9-16/h1-6,9,13,17-19H,7-8,10-12H2/q+1. The summed E-state index contributed by atoms with van der Waals surface area (Å²) in [5, 5.41) is 2.22. The van der Waals surface area contributed by atoms with Crippen LogP contribution in [0.2, 0.25) is 0 Å². The van der Waals surface area contributed by atoms with Crippen LogP contribution in [0.1, 0.15) is 23.2 Å². The van der Waals surface area contributed by atoms with E-state index in [1.54, 1.807) is 0 Å². The van der Waals surface area contributed by atoms with Crippen molar-refractivity contribution in [2.45, 2.75) is 18.9 Å². The molecule has 3 nitrogen and oxygen atoms in total. The monoisotopic (exact) mass is 318 g/mol. The minimum absolute atomic E-state index is 0.0512. The minimum atomic E-state index is -0.184. The van der Waals surface area contributed by atoms with Crippen LogP contribution in [0.25, 0.3) is 10.8 Å². The van der Waals surface area contributed by atoms with Crippen molar-refractivity contribution in [2.75, 3.05) is 19.6 Å². The molecule has 3 aliphatic heterocycles. The number of ether oxygens (including phenoxy) is 1. The highest BCUT2D eigenvalue weighted by Gasteiger charge is 2.55. The molecule has 3 saturated heterocycles. The van der Waals surface area contributed by atoms with Gasteiger partial charge in [0.25, 0.3) is 0 Å². The van der Waals surface area contributed by atoms with E-state index in [0.29, 0.717) is 21.8 Å². The lowest BCUT2D eigenvalue weighted by Gasteiger charge is -2.59. The zero-order chi connectivity index (χ0) is 16.3. The maximum absolute atomic E-state index is 12.7. The van der Waals surface area contributed by atoms with Gasteiger partial charge in [0.1, 0.15) is 6.10 Å². The van der Waals surface area contributed by atoms with Gasteiger partial charge in [0, 0.05) is 17.8 Å². The van der Waals surface area contributed by atoms with Gasteiger partial charge in [-0.15, -0.1) is 0 Å². The van der Waals surface area contributed by atoms with Gasteiger partial charge in [-0.3, -0.25) is 0 Å². The molecule has 2 atom stereocenters. The molecular weight excluding hydrogens is 297 g/mol. The zero-order valence-electron chi connectivity index (χ0n) is 13.7. The lowest BCUT2D eigenvalue weighted by Crippen LogP contribution is -2.69. The Morgan fingerprint density at radius 1 is 1.00 bits per heavy atom. The molecule has 120 valence electrons. The van der Waals surface area contributed by atoms with Gasteiger partial charge in [0.05, 0.1) is 25.2 Å². The number of hydrogen-bond donors (Lipinski definition) is 0. The first-order chi connectivity index (χ1) is 11.6. The Hall–Kier alpha value is -1.81. The number of nitrogens with zero attached hydrogens (tertiary/aromatic N) is 1. The number of quaternary nitrogens is 1. The van der Waals surface area contributed by atoms with Gasteiger partial charge in [-0.25, -0.2) is 4.79 Å². The topological polar surface area (TPSA) is 26.3 Å². The molecule has 0 aromatic heterocycles. The van der Waals surface area contributed by atoms with Crippen LogP contribution in [-0.4, -0.2) is 44.1 Å². The molecule has 3 heterocycles. The van der Waals surface area contributed by atoms with Gasteiger partial charge in [0.15, 0.2) is 0 Å². The number of carbonyl (C=O) groups excluding carboxylic acids is 1. The van der Waals surface area contributed by atoms with E-state index in [0.717, 1.165) is 36.3 Å². The summed E-state index contributed by atoms with van der Waals surface area (Å²) in [5.74, 6) is 1.41.